The van der Waals surface area contributed by atoms with E-state index in [9.17, 15) is 4.57 Å². The Morgan fingerprint density at radius 1 is 0.619 bits per heavy atom. The van der Waals surface area contributed by atoms with E-state index in [1.165, 1.54) is 25.7 Å². The van der Waals surface area contributed by atoms with E-state index in [4.69, 9.17) is 9.05 Å². The summed E-state index contributed by atoms with van der Waals surface area (Å²) in [7, 11) is -2.85. The molecule has 0 aliphatic rings. The molecule has 0 saturated heterocycles. The lowest BCUT2D eigenvalue weighted by Gasteiger charge is -2.18. The maximum atomic E-state index is 12.7. The Bertz CT molecular complexity index is 238. The monoisotopic (exact) mass is 320 g/mol. The van der Waals surface area contributed by atoms with Crippen molar-refractivity contribution >= 4 is 7.60 Å². The predicted molar refractivity (Wildman–Crippen MR) is 92.2 cm³/mol. The highest BCUT2D eigenvalue weighted by Gasteiger charge is 2.23. The molecule has 0 atom stereocenters. The van der Waals surface area contributed by atoms with Crippen molar-refractivity contribution in [2.45, 2.75) is 91.4 Å². The summed E-state index contributed by atoms with van der Waals surface area (Å²) in [6.45, 7) is 7.70. The van der Waals surface area contributed by atoms with Gasteiger partial charge >= 0.3 is 7.60 Å². The largest absolute Gasteiger partial charge is 0.330 e. The highest BCUT2D eigenvalue weighted by molar-refractivity contribution is 7.53. The molecular formula is C17H37O3P. The molecule has 3 nitrogen and oxygen atoms in total. The summed E-state index contributed by atoms with van der Waals surface area (Å²) in [5, 5.41) is 0. The molecule has 0 heterocycles. The molecule has 0 aliphatic heterocycles. The standard InChI is InChI=1S/C17H37O3P/c1-4-7-10-12-15-19-21(18,17-14-9-6-3)20-16-13-11-8-5-2/h4-17H2,1-3H3. The normalized spacial score (nSPS) is 12.0. The second-order valence-corrected chi connectivity index (χ2v) is 8.01. The van der Waals surface area contributed by atoms with Crippen LogP contribution in [0.25, 0.3) is 0 Å². The van der Waals surface area contributed by atoms with Gasteiger partial charge in [-0.1, -0.05) is 72.1 Å². The van der Waals surface area contributed by atoms with Gasteiger partial charge < -0.3 is 9.05 Å². The SMILES string of the molecule is CCCCCCOP(=O)(CCCCC)OCCCCCC. The van der Waals surface area contributed by atoms with Crippen LogP contribution in [0.15, 0.2) is 0 Å². The van der Waals surface area contributed by atoms with E-state index >= 15 is 0 Å². The third-order valence-electron chi connectivity index (χ3n) is 3.61. The van der Waals surface area contributed by atoms with E-state index in [2.05, 4.69) is 20.8 Å². The van der Waals surface area contributed by atoms with Gasteiger partial charge in [-0.2, -0.15) is 0 Å². The minimum absolute atomic E-state index is 0.582. The van der Waals surface area contributed by atoms with Gasteiger partial charge in [0.15, 0.2) is 0 Å². The first-order chi connectivity index (χ1) is 10.2. The van der Waals surface area contributed by atoms with E-state index < -0.39 is 7.60 Å². The van der Waals surface area contributed by atoms with Crippen molar-refractivity contribution in [3.8, 4) is 0 Å². The lowest BCUT2D eigenvalue weighted by atomic mass is 10.2. The Morgan fingerprint density at radius 3 is 1.48 bits per heavy atom. The fraction of sp³-hybridized carbons (Fsp3) is 1.00. The zero-order valence-corrected chi connectivity index (χ0v) is 15.5. The molecule has 0 spiro atoms. The van der Waals surface area contributed by atoms with Crippen LogP contribution >= 0.6 is 7.60 Å². The van der Waals surface area contributed by atoms with Crippen molar-refractivity contribution in [3.05, 3.63) is 0 Å². The lowest BCUT2D eigenvalue weighted by molar-refractivity contribution is 0.197. The number of hydrogen-bond donors (Lipinski definition) is 0. The molecule has 128 valence electrons. The first-order valence-electron chi connectivity index (χ1n) is 9.06. The average Bonchev–Trinajstić information content (AvgIpc) is 2.47. The van der Waals surface area contributed by atoms with Crippen molar-refractivity contribution in [3.63, 3.8) is 0 Å². The third kappa shape index (κ3) is 13.5. The van der Waals surface area contributed by atoms with E-state index in [1.807, 2.05) is 0 Å². The zero-order chi connectivity index (χ0) is 15.8. The van der Waals surface area contributed by atoms with Gasteiger partial charge in [0.2, 0.25) is 0 Å². The molecule has 0 amide bonds. The highest BCUT2D eigenvalue weighted by atomic mass is 31.2. The second-order valence-electron chi connectivity index (χ2n) is 5.83. The highest BCUT2D eigenvalue weighted by Crippen LogP contribution is 2.49. The topological polar surface area (TPSA) is 35.5 Å². The molecule has 0 bridgehead atoms. The van der Waals surface area contributed by atoms with Crippen molar-refractivity contribution in [1.29, 1.82) is 0 Å². The van der Waals surface area contributed by atoms with Crippen LogP contribution in [0.1, 0.15) is 91.4 Å². The smallest absolute Gasteiger partial charge is 0.309 e. The van der Waals surface area contributed by atoms with E-state index in [1.54, 1.807) is 0 Å². The van der Waals surface area contributed by atoms with Gasteiger partial charge in [-0.3, -0.25) is 4.57 Å². The van der Waals surface area contributed by atoms with Crippen LogP contribution in [0, 0.1) is 0 Å². The van der Waals surface area contributed by atoms with Crippen LogP contribution in [0.4, 0.5) is 0 Å². The summed E-state index contributed by atoms with van der Waals surface area (Å²) in [6.07, 6.45) is 12.9. The quantitative estimate of drug-likeness (QED) is 0.238. The molecule has 0 saturated carbocycles. The van der Waals surface area contributed by atoms with E-state index in [0.717, 1.165) is 44.9 Å². The summed E-state index contributed by atoms with van der Waals surface area (Å²) < 4.78 is 24.0. The first kappa shape index (κ1) is 21.1. The van der Waals surface area contributed by atoms with Crippen molar-refractivity contribution in [2.75, 3.05) is 19.4 Å². The molecule has 0 aromatic carbocycles. The van der Waals surface area contributed by atoms with Crippen molar-refractivity contribution < 1.29 is 13.6 Å². The molecule has 0 aliphatic carbocycles. The van der Waals surface area contributed by atoms with E-state index in [-0.39, 0.29) is 0 Å². The maximum absolute atomic E-state index is 12.7. The lowest BCUT2D eigenvalue weighted by Crippen LogP contribution is -2.03. The van der Waals surface area contributed by atoms with Gasteiger partial charge in [-0.25, -0.2) is 0 Å². The van der Waals surface area contributed by atoms with Crippen LogP contribution in [-0.4, -0.2) is 19.4 Å². The summed E-state index contributed by atoms with van der Waals surface area (Å²) in [5.41, 5.74) is 0. The number of rotatable bonds is 16. The minimum Gasteiger partial charge on any atom is -0.309 e. The molecular weight excluding hydrogens is 283 g/mol. The molecule has 4 heteroatoms. The zero-order valence-electron chi connectivity index (χ0n) is 14.6. The maximum Gasteiger partial charge on any atom is 0.330 e. The fourth-order valence-electron chi connectivity index (χ4n) is 2.19. The van der Waals surface area contributed by atoms with Gasteiger partial charge in [0.05, 0.1) is 19.4 Å². The molecule has 0 N–H and O–H groups in total. The van der Waals surface area contributed by atoms with E-state index in [0.29, 0.717) is 19.4 Å². The Labute approximate surface area is 132 Å². The Hall–Kier alpha value is 0.150. The van der Waals surface area contributed by atoms with Crippen LogP contribution in [0.2, 0.25) is 0 Å². The Kier molecular flexibility index (Phi) is 15.2. The van der Waals surface area contributed by atoms with Gasteiger partial charge in [0.25, 0.3) is 0 Å². The Morgan fingerprint density at radius 2 is 1.05 bits per heavy atom. The van der Waals surface area contributed by atoms with Gasteiger partial charge in [-0.05, 0) is 19.3 Å². The van der Waals surface area contributed by atoms with Crippen molar-refractivity contribution in [2.24, 2.45) is 0 Å². The molecule has 0 rings (SSSR count). The number of unbranched alkanes of at least 4 members (excludes halogenated alkanes) is 8. The third-order valence-corrected chi connectivity index (χ3v) is 5.62. The van der Waals surface area contributed by atoms with Crippen molar-refractivity contribution in [1.82, 2.24) is 0 Å². The Balaban J connectivity index is 3.98. The van der Waals surface area contributed by atoms with Gasteiger partial charge in [0.1, 0.15) is 0 Å². The van der Waals surface area contributed by atoms with Crippen LogP contribution < -0.4 is 0 Å². The summed E-state index contributed by atoms with van der Waals surface area (Å²) in [6, 6.07) is 0. The molecule has 0 unspecified atom stereocenters. The van der Waals surface area contributed by atoms with Crippen LogP contribution in [-0.2, 0) is 13.6 Å². The van der Waals surface area contributed by atoms with Gasteiger partial charge in [-0.15, -0.1) is 0 Å². The summed E-state index contributed by atoms with van der Waals surface area (Å²) in [4.78, 5) is 0. The molecule has 0 aromatic rings. The van der Waals surface area contributed by atoms with Crippen LogP contribution in [0.5, 0.6) is 0 Å². The number of hydrogen-bond acceptors (Lipinski definition) is 3. The fourth-order valence-corrected chi connectivity index (χ4v) is 3.94. The molecule has 0 radical (unpaired) electrons. The molecule has 21 heavy (non-hydrogen) atoms. The van der Waals surface area contributed by atoms with Gasteiger partial charge in [0, 0.05) is 0 Å². The minimum atomic E-state index is -2.85. The first-order valence-corrected chi connectivity index (χ1v) is 10.8. The second kappa shape index (κ2) is 15.1. The predicted octanol–water partition coefficient (Wildman–Crippen LogP) is 6.56. The average molecular weight is 320 g/mol. The molecule has 0 aromatic heterocycles. The summed E-state index contributed by atoms with van der Waals surface area (Å²) >= 11 is 0. The molecule has 0 fully saturated rings. The summed E-state index contributed by atoms with van der Waals surface area (Å²) in [5.74, 6) is 0. The van der Waals surface area contributed by atoms with Crippen LogP contribution in [0.3, 0.4) is 0 Å².